The molecule has 0 N–H and O–H groups in total. The van der Waals surface area contributed by atoms with E-state index in [4.69, 9.17) is 9.40 Å². The van der Waals surface area contributed by atoms with Gasteiger partial charge in [-0.2, -0.15) is 0 Å². The van der Waals surface area contributed by atoms with E-state index in [1.54, 1.807) is 10.8 Å². The van der Waals surface area contributed by atoms with Gasteiger partial charge < -0.3 is 4.42 Å². The summed E-state index contributed by atoms with van der Waals surface area (Å²) in [6, 6.07) is 55.3. The van der Waals surface area contributed by atoms with Gasteiger partial charge in [0.15, 0.2) is 0 Å². The molecular formula is C64H69IrN3OSi. The molecule has 0 atom stereocenters. The van der Waals surface area contributed by atoms with Crippen molar-refractivity contribution >= 4 is 35.2 Å². The number of nitrogens with zero attached hydrogens (tertiary/aromatic N) is 3. The van der Waals surface area contributed by atoms with E-state index < -0.39 is 8.07 Å². The molecule has 0 bridgehead atoms. The summed E-state index contributed by atoms with van der Waals surface area (Å²) in [5.74, 6) is 2.40. The molecule has 9 aromatic rings. The minimum atomic E-state index is -1.34. The summed E-state index contributed by atoms with van der Waals surface area (Å²) in [4.78, 5) is 13.9. The number of aromatic nitrogens is 3. The Labute approximate surface area is 431 Å². The van der Waals surface area contributed by atoms with Gasteiger partial charge in [0.1, 0.15) is 11.2 Å². The standard InChI is InChI=1S/C27H23NO.C20H27NSi.C17H19N.Ir/c1-18(2)16-19-14-15-28-24(17-19)22-13-12-21(20-8-4-3-5-9-20)26-23-10-6-7-11-25(23)29-27(22)26;1-22(2,3)20-15-21-19(17-11-5-4-6-12-17)14-18(20)13-16-9-7-8-10-16;1-2-8-16(9-3-1)17-13-15(10-11-18-17)12-14-6-4-5-7-14;/h3-15,17-18H,16H2,1-2H3;4-6,11-12,14-16H,7-10,13H2,1-3H3;1-3,8-11,13-14H,4-7,12H2;. The van der Waals surface area contributed by atoms with Crippen molar-refractivity contribution in [1.82, 2.24) is 15.0 Å². The van der Waals surface area contributed by atoms with E-state index in [1.807, 2.05) is 36.7 Å². The smallest absolute Gasteiger partial charge is 0.145 e. The maximum Gasteiger partial charge on any atom is 0.145 e. The first kappa shape index (κ1) is 50.6. The van der Waals surface area contributed by atoms with Crippen LogP contribution in [0, 0.1) is 17.8 Å². The van der Waals surface area contributed by atoms with Crippen LogP contribution in [-0.2, 0) is 39.4 Å². The molecule has 2 aliphatic rings. The van der Waals surface area contributed by atoms with Crippen LogP contribution in [0.15, 0.2) is 181 Å². The monoisotopic (exact) mass is 1120 g/mol. The van der Waals surface area contributed by atoms with Crippen LogP contribution in [0.4, 0.5) is 0 Å². The van der Waals surface area contributed by atoms with Gasteiger partial charge in [-0.15, -0.1) is 0 Å². The fourth-order valence-electron chi connectivity index (χ4n) is 10.7. The van der Waals surface area contributed by atoms with Gasteiger partial charge in [0.2, 0.25) is 0 Å². The zero-order valence-electron chi connectivity index (χ0n) is 41.8. The molecule has 0 aliphatic heterocycles. The number of pyridine rings is 3. The number of rotatable bonds is 11. The van der Waals surface area contributed by atoms with Gasteiger partial charge in [-0.25, -0.2) is 0 Å². The Balaban J connectivity index is 0.000000145. The minimum absolute atomic E-state index is 0. The first-order valence-electron chi connectivity index (χ1n) is 25.7. The zero-order chi connectivity index (χ0) is 47.6. The molecule has 6 heteroatoms. The number of hydrogen-bond donors (Lipinski definition) is 0. The normalized spacial score (nSPS) is 14.0. The third-order valence-electron chi connectivity index (χ3n) is 14.1. The van der Waals surface area contributed by atoms with Crippen LogP contribution in [0.3, 0.4) is 0 Å². The molecule has 0 saturated heterocycles. The number of hydrogen-bond acceptors (Lipinski definition) is 4. The number of fused-ring (bicyclic) bond motifs is 3. The average Bonchev–Trinajstić information content (AvgIpc) is 4.18. The summed E-state index contributed by atoms with van der Waals surface area (Å²) in [5.41, 5.74) is 15.2. The van der Waals surface area contributed by atoms with Gasteiger partial charge in [0.25, 0.3) is 0 Å². The van der Waals surface area contributed by atoms with Crippen LogP contribution in [0.2, 0.25) is 19.6 Å². The molecule has 2 aliphatic carbocycles. The van der Waals surface area contributed by atoms with Crippen molar-refractivity contribution in [2.24, 2.45) is 17.8 Å². The predicted octanol–water partition coefficient (Wildman–Crippen LogP) is 17.0. The summed E-state index contributed by atoms with van der Waals surface area (Å²) in [5, 5.41) is 3.85. The van der Waals surface area contributed by atoms with Crippen molar-refractivity contribution in [1.29, 1.82) is 0 Å². The Morgan fingerprint density at radius 2 is 1.04 bits per heavy atom. The molecule has 5 aromatic carbocycles. The first-order chi connectivity index (χ1) is 33.7. The van der Waals surface area contributed by atoms with Crippen molar-refractivity contribution in [3.8, 4) is 44.9 Å². The molecule has 2 saturated carbocycles. The molecule has 70 heavy (non-hydrogen) atoms. The quantitative estimate of drug-likeness (QED) is 0.121. The summed E-state index contributed by atoms with van der Waals surface area (Å²) in [6.45, 7) is 11.8. The maximum atomic E-state index is 6.38. The van der Waals surface area contributed by atoms with Crippen molar-refractivity contribution in [2.75, 3.05) is 0 Å². The Hall–Kier alpha value is -5.78. The van der Waals surface area contributed by atoms with Crippen molar-refractivity contribution in [3.05, 3.63) is 193 Å². The van der Waals surface area contributed by atoms with E-state index in [1.165, 1.54) is 97.6 Å². The third kappa shape index (κ3) is 12.8. The fourth-order valence-corrected chi connectivity index (χ4v) is 12.2. The second-order valence-corrected chi connectivity index (χ2v) is 26.0. The van der Waals surface area contributed by atoms with Gasteiger partial charge >= 0.3 is 0 Å². The van der Waals surface area contributed by atoms with E-state index in [2.05, 4.69) is 183 Å². The van der Waals surface area contributed by atoms with E-state index >= 15 is 0 Å². The zero-order valence-corrected chi connectivity index (χ0v) is 45.2. The average molecular weight is 1120 g/mol. The van der Waals surface area contributed by atoms with Crippen molar-refractivity contribution in [2.45, 2.75) is 104 Å². The van der Waals surface area contributed by atoms with Gasteiger partial charge in [-0.1, -0.05) is 200 Å². The molecule has 0 unspecified atom stereocenters. The molecule has 1 radical (unpaired) electrons. The number of benzene rings is 5. The van der Waals surface area contributed by atoms with Gasteiger partial charge in [0, 0.05) is 66.2 Å². The summed E-state index contributed by atoms with van der Waals surface area (Å²) < 4.78 is 6.38. The topological polar surface area (TPSA) is 51.8 Å². The van der Waals surface area contributed by atoms with E-state index in [0.717, 1.165) is 62.8 Å². The molecule has 0 spiro atoms. The molecule has 11 rings (SSSR count). The molecule has 4 heterocycles. The Kier molecular flexibility index (Phi) is 17.3. The van der Waals surface area contributed by atoms with E-state index in [9.17, 15) is 0 Å². The third-order valence-corrected chi connectivity index (χ3v) is 16.2. The molecule has 359 valence electrons. The van der Waals surface area contributed by atoms with Crippen LogP contribution in [-0.4, -0.2) is 23.0 Å². The van der Waals surface area contributed by atoms with Crippen LogP contribution < -0.4 is 5.19 Å². The molecule has 0 amide bonds. The van der Waals surface area contributed by atoms with Crippen LogP contribution in [0.1, 0.15) is 81.9 Å². The summed E-state index contributed by atoms with van der Waals surface area (Å²) in [6.07, 6.45) is 20.9. The maximum absolute atomic E-state index is 6.38. The summed E-state index contributed by atoms with van der Waals surface area (Å²) in [7, 11) is -1.34. The first-order valence-corrected chi connectivity index (χ1v) is 29.2. The molecule has 2 fully saturated rings. The van der Waals surface area contributed by atoms with Crippen LogP contribution >= 0.6 is 0 Å². The Morgan fingerprint density at radius 3 is 1.66 bits per heavy atom. The summed E-state index contributed by atoms with van der Waals surface area (Å²) >= 11 is 0. The predicted molar refractivity (Wildman–Crippen MR) is 295 cm³/mol. The van der Waals surface area contributed by atoms with E-state index in [-0.39, 0.29) is 20.1 Å². The molecule has 4 aromatic heterocycles. The Morgan fingerprint density at radius 1 is 0.529 bits per heavy atom. The van der Waals surface area contributed by atoms with Gasteiger partial charge in [0.05, 0.1) is 25.2 Å². The molecule has 4 nitrogen and oxygen atoms in total. The fraction of sp³-hybridized carbons (Fsp3) is 0.297. The largest absolute Gasteiger partial charge is 0.455 e. The molecular weight excluding hydrogens is 1050 g/mol. The second kappa shape index (κ2) is 23.9. The number of para-hydroxylation sites is 1. The Bertz CT molecular complexity index is 3060. The minimum Gasteiger partial charge on any atom is -0.455 e. The SMILES string of the molecule is CC(C)Cc1ccnc(-c2ccc(-c3ccccc3)c3c2oc2ccccc23)c1.C[Si](C)(C)c1cnc(-c2ccccc2)cc1CC1CCCC1.[Ir].c1ccc(-c2cc(CC3CCCC3)ccn2)cc1. The van der Waals surface area contributed by atoms with E-state index in [0.29, 0.717) is 5.92 Å². The van der Waals surface area contributed by atoms with Crippen LogP contribution in [0.25, 0.3) is 66.8 Å². The van der Waals surface area contributed by atoms with Crippen molar-refractivity contribution in [3.63, 3.8) is 0 Å². The van der Waals surface area contributed by atoms with Crippen molar-refractivity contribution < 1.29 is 24.5 Å². The second-order valence-electron chi connectivity index (χ2n) is 20.9. The van der Waals surface area contributed by atoms with Gasteiger partial charge in [-0.05, 0) is 112 Å². The number of furan rings is 1. The van der Waals surface area contributed by atoms with Crippen LogP contribution in [0.5, 0.6) is 0 Å². The van der Waals surface area contributed by atoms with Gasteiger partial charge in [-0.3, -0.25) is 15.0 Å².